The van der Waals surface area contributed by atoms with Crippen LogP contribution in [-0.2, 0) is 14.3 Å². The van der Waals surface area contributed by atoms with Gasteiger partial charge in [0.1, 0.15) is 16.6 Å². The van der Waals surface area contributed by atoms with Crippen LogP contribution in [0, 0.1) is 0 Å². The van der Waals surface area contributed by atoms with Crippen molar-refractivity contribution in [2.24, 2.45) is 0 Å². The first-order valence-corrected chi connectivity index (χ1v) is 22.4. The van der Waals surface area contributed by atoms with Crippen molar-refractivity contribution in [2.75, 3.05) is 26.2 Å². The van der Waals surface area contributed by atoms with Crippen LogP contribution in [0.25, 0.3) is 66.1 Å². The number of benzene rings is 4. The Labute approximate surface area is 392 Å². The molecule has 2 aliphatic heterocycles. The molecule has 2 aliphatic rings. The van der Waals surface area contributed by atoms with E-state index in [4.69, 9.17) is 14.7 Å². The Morgan fingerprint density at radius 1 is 0.565 bits per heavy atom. The van der Waals surface area contributed by atoms with Crippen LogP contribution in [0.15, 0.2) is 122 Å². The number of pyridine rings is 2. The maximum absolute atomic E-state index is 12.4. The minimum absolute atomic E-state index is 0.233. The van der Waals surface area contributed by atoms with Gasteiger partial charge in [0.15, 0.2) is 11.3 Å². The highest BCUT2D eigenvalue weighted by atomic mass is 19.4. The number of alkyl halides is 6. The zero-order valence-electron chi connectivity index (χ0n) is 37.9. The molecule has 8 aromatic rings. The lowest BCUT2D eigenvalue weighted by Gasteiger charge is -2.33. The maximum atomic E-state index is 12.4. The number of Topliss-reactive ketones (excluding diaryl/α,β-unsaturated/α-hetero) is 2. The van der Waals surface area contributed by atoms with Crippen molar-refractivity contribution in [3.05, 3.63) is 122 Å². The summed E-state index contributed by atoms with van der Waals surface area (Å²) in [5, 5.41) is 8.38. The van der Waals surface area contributed by atoms with Gasteiger partial charge >= 0.3 is 30.0 Å². The first-order valence-electron chi connectivity index (χ1n) is 22.4. The molecule has 0 aliphatic carbocycles. The molecule has 0 saturated carbocycles. The predicted octanol–water partition coefficient (Wildman–Crippen LogP) is 11.2. The van der Waals surface area contributed by atoms with E-state index in [-0.39, 0.29) is 12.1 Å². The van der Waals surface area contributed by atoms with Gasteiger partial charge in [-0.05, 0) is 116 Å². The number of carbonyl (C=O) groups is 3. The van der Waals surface area contributed by atoms with Crippen molar-refractivity contribution in [1.29, 1.82) is 0 Å². The molecule has 10 rings (SSSR count). The third-order valence-electron chi connectivity index (χ3n) is 12.0. The molecule has 6 heterocycles. The Morgan fingerprint density at radius 2 is 0.986 bits per heavy atom. The minimum Gasteiger partial charge on any atom is -0.444 e. The largest absolute Gasteiger partial charge is 0.458 e. The fourth-order valence-electron chi connectivity index (χ4n) is 8.58. The van der Waals surface area contributed by atoms with Gasteiger partial charge in [-0.2, -0.15) is 26.3 Å². The lowest BCUT2D eigenvalue weighted by atomic mass is 10.0. The van der Waals surface area contributed by atoms with E-state index in [1.165, 1.54) is 27.1 Å². The summed E-state index contributed by atoms with van der Waals surface area (Å²) < 4.78 is 76.9. The Morgan fingerprint density at radius 3 is 1.41 bits per heavy atom. The highest BCUT2D eigenvalue weighted by Crippen LogP contribution is 2.34. The van der Waals surface area contributed by atoms with Crippen molar-refractivity contribution in [3.63, 3.8) is 0 Å². The van der Waals surface area contributed by atoms with Gasteiger partial charge in [0.05, 0.1) is 12.7 Å². The quantitative estimate of drug-likeness (QED) is 0.132. The van der Waals surface area contributed by atoms with E-state index >= 15 is 0 Å². The summed E-state index contributed by atoms with van der Waals surface area (Å²) in [6, 6.07) is 34.8. The predicted molar refractivity (Wildman–Crippen MR) is 250 cm³/mol. The van der Waals surface area contributed by atoms with E-state index in [9.17, 15) is 40.7 Å². The summed E-state index contributed by atoms with van der Waals surface area (Å²) in [7, 11) is 0. The lowest BCUT2D eigenvalue weighted by molar-refractivity contribution is -0.193. The summed E-state index contributed by atoms with van der Waals surface area (Å²) >= 11 is 0. The number of piperidine rings is 2. The number of fused-ring (bicyclic) bond motifs is 4. The van der Waals surface area contributed by atoms with Gasteiger partial charge in [0.25, 0.3) is 0 Å². The number of aromatic nitrogens is 6. The van der Waals surface area contributed by atoms with Crippen molar-refractivity contribution >= 4 is 61.5 Å². The molecule has 358 valence electrons. The summed E-state index contributed by atoms with van der Waals surface area (Å²) in [5.74, 6) is -6.81. The van der Waals surface area contributed by atoms with Crippen LogP contribution >= 0.6 is 0 Å². The number of nitrogens with one attached hydrogen (secondary N) is 1. The average molecular weight is 951 g/mol. The number of imidazole rings is 2. The van der Waals surface area contributed by atoms with Crippen LogP contribution in [0.1, 0.15) is 58.5 Å². The smallest absolute Gasteiger partial charge is 0.444 e. The number of ketones is 2. The number of likely N-dealkylation sites (tertiary alicyclic amines) is 1. The van der Waals surface area contributed by atoms with Gasteiger partial charge < -0.3 is 24.1 Å². The van der Waals surface area contributed by atoms with Crippen LogP contribution in [-0.4, -0.2) is 95.8 Å². The summed E-state index contributed by atoms with van der Waals surface area (Å²) in [4.78, 5) is 52.2. The summed E-state index contributed by atoms with van der Waals surface area (Å²) in [6.45, 7) is 9.16. The van der Waals surface area contributed by atoms with Crippen LogP contribution in [0.5, 0.6) is 0 Å². The third kappa shape index (κ3) is 11.1. The molecule has 18 heteroatoms. The SMILES string of the molecule is CC(C)(C)OC(=O)N1CCC(n2cnc3c(-c4ccc5ccccc5c4)ccnc32)CC1.O=C(C(=O)C(F)(F)F)C(F)(F)F.c1ccc2cc(-c3ccnc4c3ncn4C3CCNCC3)ccc2c1. The molecule has 4 aromatic heterocycles. The van der Waals surface area contributed by atoms with E-state index in [1.807, 2.05) is 51.9 Å². The standard InChI is InChI=1S/C26H28N4O2.C21H20N4.C4F6O2/c1-26(2,3)32-25(31)29-14-11-21(12-15-29)30-17-28-23-22(10-13-27-24(23)30)20-9-8-18-6-4-5-7-19(18)16-20;1-2-4-16-13-17(6-5-15(16)3-1)19-9-12-23-21-20(19)24-14-25(21)18-7-10-22-11-8-18;5-3(6,7)1(11)2(12)4(8,9)10/h4-10,13,16-17,21H,11-12,14-15H2,1-3H3;1-6,9,12-14,18,22H,7-8,10-11H2;. The van der Waals surface area contributed by atoms with Crippen LogP contribution < -0.4 is 5.32 Å². The van der Waals surface area contributed by atoms with Crippen molar-refractivity contribution in [1.82, 2.24) is 39.3 Å². The number of amides is 1. The van der Waals surface area contributed by atoms with Gasteiger partial charge in [-0.3, -0.25) is 9.59 Å². The normalized spacial score (nSPS) is 15.1. The number of ether oxygens (including phenoxy) is 1. The molecule has 1 amide bonds. The zero-order chi connectivity index (χ0) is 49.1. The van der Waals surface area contributed by atoms with Crippen molar-refractivity contribution in [3.8, 4) is 22.3 Å². The molecule has 0 atom stereocenters. The average Bonchev–Trinajstić information content (AvgIpc) is 3.98. The summed E-state index contributed by atoms with van der Waals surface area (Å²) in [6.07, 6.45) is -0.163. The molecule has 0 spiro atoms. The van der Waals surface area contributed by atoms with Gasteiger partial charge in [-0.1, -0.05) is 72.8 Å². The number of carbonyl (C=O) groups excluding carboxylic acids is 3. The maximum Gasteiger partial charge on any atom is 0.458 e. The second kappa shape index (κ2) is 19.8. The highest BCUT2D eigenvalue weighted by molar-refractivity contribution is 6.41. The molecular weight excluding hydrogens is 903 g/mol. The molecule has 2 saturated heterocycles. The lowest BCUT2D eigenvalue weighted by Crippen LogP contribution is -2.42. The minimum atomic E-state index is -5.77. The highest BCUT2D eigenvalue weighted by Gasteiger charge is 2.54. The van der Waals surface area contributed by atoms with Crippen LogP contribution in [0.4, 0.5) is 31.1 Å². The molecule has 4 aromatic carbocycles. The molecule has 12 nitrogen and oxygen atoms in total. The molecule has 0 unspecified atom stereocenters. The molecule has 0 bridgehead atoms. The number of nitrogens with zero attached hydrogens (tertiary/aromatic N) is 7. The van der Waals surface area contributed by atoms with Gasteiger partial charge in [-0.15, -0.1) is 0 Å². The van der Waals surface area contributed by atoms with E-state index in [0.717, 1.165) is 77.8 Å². The second-order valence-electron chi connectivity index (χ2n) is 17.8. The first-order chi connectivity index (χ1) is 32.9. The van der Waals surface area contributed by atoms with Crippen molar-refractivity contribution in [2.45, 2.75) is 76.5 Å². The Kier molecular flexibility index (Phi) is 13.8. The second-order valence-corrected chi connectivity index (χ2v) is 17.8. The van der Waals surface area contributed by atoms with E-state index in [2.05, 4.69) is 115 Å². The Balaban J connectivity index is 0.000000154. The fraction of sp³-hybridized carbons (Fsp3) is 0.314. The van der Waals surface area contributed by atoms with Gasteiger partial charge in [-0.25, -0.2) is 24.7 Å². The number of hydrogen-bond donors (Lipinski definition) is 1. The molecule has 1 N–H and O–H groups in total. The van der Waals surface area contributed by atoms with Crippen LogP contribution in [0.3, 0.4) is 0 Å². The number of hydrogen-bond acceptors (Lipinski definition) is 9. The summed E-state index contributed by atoms with van der Waals surface area (Å²) in [5.41, 5.74) is 7.91. The van der Waals surface area contributed by atoms with E-state index in [0.29, 0.717) is 19.1 Å². The molecule has 69 heavy (non-hydrogen) atoms. The molecule has 2 fully saturated rings. The third-order valence-corrected chi connectivity index (χ3v) is 12.0. The van der Waals surface area contributed by atoms with E-state index < -0.39 is 29.5 Å². The van der Waals surface area contributed by atoms with Gasteiger partial charge in [0, 0.05) is 48.7 Å². The number of rotatable bonds is 5. The monoisotopic (exact) mass is 950 g/mol. The van der Waals surface area contributed by atoms with E-state index in [1.54, 1.807) is 4.90 Å². The fourth-order valence-corrected chi connectivity index (χ4v) is 8.58. The van der Waals surface area contributed by atoms with Crippen LogP contribution in [0.2, 0.25) is 0 Å². The first kappa shape index (κ1) is 48.3. The Bertz CT molecular complexity index is 3120. The molecule has 0 radical (unpaired) electrons. The number of halogens is 6. The molecular formula is C51H48F6N8O4. The van der Waals surface area contributed by atoms with Gasteiger partial charge in [0.2, 0.25) is 0 Å². The Hall–Kier alpha value is -7.21. The topological polar surface area (TPSA) is 137 Å². The zero-order valence-corrected chi connectivity index (χ0v) is 37.9. The van der Waals surface area contributed by atoms with Crippen molar-refractivity contribution < 1.29 is 45.5 Å².